The topological polar surface area (TPSA) is 121 Å². The van der Waals surface area contributed by atoms with Gasteiger partial charge < -0.3 is 26.2 Å². The highest BCUT2D eigenvalue weighted by Crippen LogP contribution is 2.26. The van der Waals surface area contributed by atoms with Gasteiger partial charge in [0.2, 0.25) is 5.95 Å². The van der Waals surface area contributed by atoms with Gasteiger partial charge in [0.05, 0.1) is 36.6 Å². The van der Waals surface area contributed by atoms with E-state index in [-0.39, 0.29) is 24.4 Å². The maximum absolute atomic E-state index is 13.4. The number of aromatic nitrogens is 2. The van der Waals surface area contributed by atoms with Crippen molar-refractivity contribution in [1.82, 2.24) is 19.8 Å². The molecule has 2 aliphatic heterocycles. The maximum Gasteiger partial charge on any atom is 0.272 e. The fourth-order valence-corrected chi connectivity index (χ4v) is 4.46. The number of nitrogens with two attached hydrogens (primary N) is 1. The molecule has 1 unspecified atom stereocenters. The molecule has 10 nitrogen and oxygen atoms in total. The molecule has 4 N–H and O–H groups in total. The maximum atomic E-state index is 13.4. The number of benzene rings is 1. The summed E-state index contributed by atoms with van der Waals surface area (Å²) in [7, 11) is 3.47. The van der Waals surface area contributed by atoms with E-state index in [2.05, 4.69) is 32.4 Å². The van der Waals surface area contributed by atoms with Crippen molar-refractivity contribution in [2.45, 2.75) is 32.4 Å². The number of piperidine rings is 1. The van der Waals surface area contributed by atoms with Crippen LogP contribution in [0.25, 0.3) is 0 Å². The minimum absolute atomic E-state index is 0.0669. The van der Waals surface area contributed by atoms with Crippen LogP contribution in [0.5, 0.6) is 0 Å². The Morgan fingerprint density at radius 1 is 1.31 bits per heavy atom. The third kappa shape index (κ3) is 5.15. The lowest BCUT2D eigenvalue weighted by atomic mass is 10.1. The molecule has 1 aromatic carbocycles. The molecular weight excluding hydrogens is 444 g/mol. The van der Waals surface area contributed by atoms with Crippen LogP contribution < -0.4 is 21.3 Å². The van der Waals surface area contributed by atoms with E-state index in [0.29, 0.717) is 54.1 Å². The monoisotopic (exact) mass is 476 g/mol. The number of imidazole rings is 1. The lowest BCUT2D eigenvalue weighted by molar-refractivity contribution is 0.0817. The Bertz CT molecular complexity index is 1210. The third-order valence-electron chi connectivity index (χ3n) is 6.19. The zero-order valence-corrected chi connectivity index (χ0v) is 20.5. The average molecular weight is 477 g/mol. The van der Waals surface area contributed by atoms with Crippen LogP contribution >= 0.6 is 0 Å². The van der Waals surface area contributed by atoms with Gasteiger partial charge in [0.25, 0.3) is 11.8 Å². The highest BCUT2D eigenvalue weighted by Gasteiger charge is 2.28. The number of fused-ring (bicyclic) bond motifs is 1. The highest BCUT2D eigenvalue weighted by atomic mass is 16.2. The van der Waals surface area contributed by atoms with Gasteiger partial charge in [-0.2, -0.15) is 4.98 Å². The molecule has 0 radical (unpaired) electrons. The van der Waals surface area contributed by atoms with E-state index in [0.717, 1.165) is 19.4 Å². The third-order valence-corrected chi connectivity index (χ3v) is 6.19. The molecule has 10 heteroatoms. The largest absolute Gasteiger partial charge is 0.371 e. The molecule has 2 aliphatic rings. The Hall–Kier alpha value is -3.84. The molecule has 3 heterocycles. The van der Waals surface area contributed by atoms with Crippen LogP contribution in [0.15, 0.2) is 29.3 Å². The molecule has 0 bridgehead atoms. The molecule has 2 amide bonds. The number of hydrogen-bond acceptors (Lipinski definition) is 7. The summed E-state index contributed by atoms with van der Waals surface area (Å²) < 4.78 is 1.84. The lowest BCUT2D eigenvalue weighted by Gasteiger charge is -2.31. The second-order valence-corrected chi connectivity index (χ2v) is 8.76. The van der Waals surface area contributed by atoms with Gasteiger partial charge in [0.1, 0.15) is 0 Å². The molecule has 2 aromatic rings. The van der Waals surface area contributed by atoms with Crippen molar-refractivity contribution >= 4 is 35.0 Å². The van der Waals surface area contributed by atoms with Crippen molar-refractivity contribution in [3.8, 4) is 11.8 Å². The Labute approximate surface area is 205 Å². The number of nitrogens with one attached hydrogen (secondary N) is 2. The van der Waals surface area contributed by atoms with Gasteiger partial charge in [-0.05, 0) is 31.9 Å². The number of carbonyl (C=O) groups is 2. The number of carbonyl (C=O) groups excluding carboxylic acids is 2. The summed E-state index contributed by atoms with van der Waals surface area (Å²) >= 11 is 0. The first-order valence-electron chi connectivity index (χ1n) is 11.8. The first kappa shape index (κ1) is 24.3. The number of anilines is 2. The Morgan fingerprint density at radius 2 is 2.11 bits per heavy atom. The van der Waals surface area contributed by atoms with Crippen LogP contribution in [0.1, 0.15) is 40.6 Å². The zero-order valence-electron chi connectivity index (χ0n) is 20.5. The van der Waals surface area contributed by atoms with Crippen molar-refractivity contribution in [1.29, 1.82) is 0 Å². The predicted molar refractivity (Wildman–Crippen MR) is 137 cm³/mol. The van der Waals surface area contributed by atoms with Gasteiger partial charge in [-0.15, -0.1) is 5.92 Å². The number of aliphatic imine (C=N–C) groups is 1. The predicted octanol–water partition coefficient (Wildman–Crippen LogP) is 1.46. The second-order valence-electron chi connectivity index (χ2n) is 8.76. The van der Waals surface area contributed by atoms with Crippen molar-refractivity contribution in [2.75, 3.05) is 50.5 Å². The first-order chi connectivity index (χ1) is 16.9. The van der Waals surface area contributed by atoms with Gasteiger partial charge in [-0.1, -0.05) is 18.1 Å². The number of nitrogens with zero attached hydrogens (tertiary/aromatic N) is 5. The van der Waals surface area contributed by atoms with E-state index >= 15 is 0 Å². The summed E-state index contributed by atoms with van der Waals surface area (Å²) in [6.45, 7) is 4.13. The van der Waals surface area contributed by atoms with Crippen LogP contribution in [0.2, 0.25) is 0 Å². The van der Waals surface area contributed by atoms with Crippen molar-refractivity contribution in [3.05, 3.63) is 35.5 Å². The van der Waals surface area contributed by atoms with Gasteiger partial charge >= 0.3 is 0 Å². The summed E-state index contributed by atoms with van der Waals surface area (Å²) in [6, 6.07) is 7.30. The summed E-state index contributed by atoms with van der Waals surface area (Å²) in [5.41, 5.74) is 8.45. The molecule has 1 aromatic heterocycles. The van der Waals surface area contributed by atoms with Crippen molar-refractivity contribution in [2.24, 2.45) is 10.7 Å². The quantitative estimate of drug-likeness (QED) is 0.543. The summed E-state index contributed by atoms with van der Waals surface area (Å²) in [5.74, 6) is 6.75. The number of amides is 2. The lowest BCUT2D eigenvalue weighted by Crippen LogP contribution is -2.44. The van der Waals surface area contributed by atoms with Crippen molar-refractivity contribution < 1.29 is 9.59 Å². The molecule has 0 spiro atoms. The molecule has 1 atom stereocenters. The minimum Gasteiger partial charge on any atom is -0.371 e. The highest BCUT2D eigenvalue weighted by molar-refractivity contribution is 6.07. The van der Waals surface area contributed by atoms with Crippen LogP contribution in [0, 0.1) is 11.8 Å². The van der Waals surface area contributed by atoms with Gasteiger partial charge in [-0.3, -0.25) is 19.1 Å². The molecule has 35 heavy (non-hydrogen) atoms. The van der Waals surface area contributed by atoms with Crippen molar-refractivity contribution in [3.63, 3.8) is 0 Å². The van der Waals surface area contributed by atoms with Crippen LogP contribution in [-0.2, 0) is 6.54 Å². The van der Waals surface area contributed by atoms with E-state index in [4.69, 9.17) is 10.7 Å². The van der Waals surface area contributed by atoms with Crippen LogP contribution in [-0.4, -0.2) is 78.3 Å². The van der Waals surface area contributed by atoms with Crippen LogP contribution in [0.4, 0.5) is 17.5 Å². The molecule has 4 rings (SSSR count). The Balaban J connectivity index is 1.61. The minimum atomic E-state index is -0.290. The summed E-state index contributed by atoms with van der Waals surface area (Å²) in [4.78, 5) is 39.2. The van der Waals surface area contributed by atoms with Gasteiger partial charge in [0, 0.05) is 33.2 Å². The average Bonchev–Trinajstić information content (AvgIpc) is 3.18. The molecule has 0 aliphatic carbocycles. The number of rotatable bonds is 6. The fourth-order valence-electron chi connectivity index (χ4n) is 4.46. The fraction of sp³-hybridized carbons (Fsp3) is 0.440. The summed E-state index contributed by atoms with van der Waals surface area (Å²) in [6.07, 6.45) is 1.94. The van der Waals surface area contributed by atoms with Gasteiger partial charge in [-0.25, -0.2) is 0 Å². The van der Waals surface area contributed by atoms with Crippen LogP contribution in [0.3, 0.4) is 0 Å². The molecule has 1 saturated heterocycles. The van der Waals surface area contributed by atoms with E-state index < -0.39 is 0 Å². The molecular formula is C25H32N8O2. The Kier molecular flexibility index (Phi) is 7.36. The van der Waals surface area contributed by atoms with E-state index in [1.54, 1.807) is 38.1 Å². The summed E-state index contributed by atoms with van der Waals surface area (Å²) in [5, 5.41) is 6.04. The second kappa shape index (κ2) is 10.6. The SMILES string of the molecule is CC#CCn1c(N2CCCC(N)C2)nc(NC)c1C(=O)NCC1=Nc2ccccc2C(=O)N(C)C1. The normalized spacial score (nSPS) is 17.7. The van der Waals surface area contributed by atoms with E-state index in [1.165, 1.54) is 0 Å². The number of hydrogen-bond donors (Lipinski definition) is 3. The zero-order chi connectivity index (χ0) is 24.9. The number of para-hydroxylation sites is 1. The first-order valence-corrected chi connectivity index (χ1v) is 11.8. The molecule has 0 saturated carbocycles. The van der Waals surface area contributed by atoms with E-state index in [9.17, 15) is 9.59 Å². The smallest absolute Gasteiger partial charge is 0.272 e. The van der Waals surface area contributed by atoms with E-state index in [1.807, 2.05) is 16.7 Å². The standard InChI is InChI=1S/C25H32N8O2/c1-4-5-13-33-21(22(27-2)30-25(33)32-12-8-9-17(26)15-32)23(34)28-14-18-16-31(3)24(35)19-10-6-7-11-20(19)29-18/h6-7,10-11,17,27H,8-9,12-16,26H2,1-3H3,(H,28,34). The molecule has 1 fully saturated rings. The Morgan fingerprint density at radius 3 is 2.86 bits per heavy atom. The van der Waals surface area contributed by atoms with Gasteiger partial charge in [0.15, 0.2) is 11.5 Å². The molecule has 184 valence electrons.